The largest absolute Gasteiger partial charge is 0.384 e. The zero-order chi connectivity index (χ0) is 10.0. The molecular formula is C7H5F2N3O. The highest BCUT2D eigenvalue weighted by atomic mass is 19.3. The molecule has 3 N–H and O–H groups in total. The average Bonchev–Trinajstić information content (AvgIpc) is 2.03. The Morgan fingerprint density at radius 1 is 1.62 bits per heavy atom. The number of rotatable bonds is 1. The summed E-state index contributed by atoms with van der Waals surface area (Å²) in [7, 11) is 0. The molecule has 1 rings (SSSR count). The van der Waals surface area contributed by atoms with Crippen LogP contribution in [0.3, 0.4) is 0 Å². The number of nitrogens with one attached hydrogen (secondary N) is 1. The molecule has 0 aliphatic carbocycles. The molecule has 68 valence electrons. The molecule has 1 aromatic rings. The van der Waals surface area contributed by atoms with Crippen LogP contribution in [-0.2, 0) is 0 Å². The van der Waals surface area contributed by atoms with Crippen LogP contribution in [-0.4, -0.2) is 4.98 Å². The van der Waals surface area contributed by atoms with E-state index in [-0.39, 0.29) is 11.4 Å². The van der Waals surface area contributed by atoms with Gasteiger partial charge >= 0.3 is 0 Å². The lowest BCUT2D eigenvalue weighted by Crippen LogP contribution is -2.15. The molecule has 0 aliphatic rings. The van der Waals surface area contributed by atoms with Crippen LogP contribution in [0.2, 0.25) is 0 Å². The summed E-state index contributed by atoms with van der Waals surface area (Å²) in [6.45, 7) is 0. The second-order valence-corrected chi connectivity index (χ2v) is 2.29. The van der Waals surface area contributed by atoms with Gasteiger partial charge in [0.25, 0.3) is 12.0 Å². The maximum Gasteiger partial charge on any atom is 0.269 e. The summed E-state index contributed by atoms with van der Waals surface area (Å²) >= 11 is 0. The normalized spacial score (nSPS) is 10.0. The second-order valence-electron chi connectivity index (χ2n) is 2.29. The molecule has 0 saturated heterocycles. The van der Waals surface area contributed by atoms with Gasteiger partial charge in [0.15, 0.2) is 0 Å². The van der Waals surface area contributed by atoms with Crippen LogP contribution in [0.5, 0.6) is 0 Å². The smallest absolute Gasteiger partial charge is 0.269 e. The second kappa shape index (κ2) is 3.23. The lowest BCUT2D eigenvalue weighted by molar-refractivity contribution is 0.149. The third-order valence-electron chi connectivity index (χ3n) is 1.46. The number of hydrogen-bond acceptors (Lipinski definition) is 3. The van der Waals surface area contributed by atoms with Gasteiger partial charge in [-0.2, -0.15) is 5.26 Å². The van der Waals surface area contributed by atoms with Crippen LogP contribution in [0.25, 0.3) is 0 Å². The van der Waals surface area contributed by atoms with Gasteiger partial charge in [-0.05, 0) is 6.07 Å². The predicted molar refractivity (Wildman–Crippen MR) is 41.1 cm³/mol. The van der Waals surface area contributed by atoms with Gasteiger partial charge in [0, 0.05) is 0 Å². The minimum atomic E-state index is -2.91. The highest BCUT2D eigenvalue weighted by Crippen LogP contribution is 2.16. The van der Waals surface area contributed by atoms with Gasteiger partial charge in [0.2, 0.25) is 0 Å². The van der Waals surface area contributed by atoms with E-state index in [1.54, 1.807) is 6.07 Å². The monoisotopic (exact) mass is 185 g/mol. The van der Waals surface area contributed by atoms with Gasteiger partial charge in [-0.3, -0.25) is 4.79 Å². The molecule has 6 heteroatoms. The molecule has 0 aliphatic heterocycles. The fraction of sp³-hybridized carbons (Fsp3) is 0.143. The Bertz CT molecular complexity index is 419. The zero-order valence-corrected chi connectivity index (χ0v) is 6.34. The first-order valence-corrected chi connectivity index (χ1v) is 3.27. The molecule has 0 spiro atoms. The minimum Gasteiger partial charge on any atom is -0.384 e. The number of halogens is 2. The van der Waals surface area contributed by atoms with Crippen molar-refractivity contribution in [2.24, 2.45) is 0 Å². The number of anilines is 1. The first-order chi connectivity index (χ1) is 6.06. The summed E-state index contributed by atoms with van der Waals surface area (Å²) in [4.78, 5) is 12.8. The number of aromatic nitrogens is 1. The molecule has 0 fully saturated rings. The van der Waals surface area contributed by atoms with Crippen LogP contribution in [0.1, 0.15) is 17.6 Å². The van der Waals surface area contributed by atoms with E-state index in [9.17, 15) is 13.6 Å². The molecule has 4 nitrogen and oxygen atoms in total. The van der Waals surface area contributed by atoms with Crippen molar-refractivity contribution in [1.29, 1.82) is 5.26 Å². The number of nitrogen functional groups attached to an aromatic ring is 1. The Morgan fingerprint density at radius 3 is 2.69 bits per heavy atom. The van der Waals surface area contributed by atoms with E-state index in [0.717, 1.165) is 6.07 Å². The van der Waals surface area contributed by atoms with Crippen molar-refractivity contribution in [3.8, 4) is 6.07 Å². The van der Waals surface area contributed by atoms with Crippen molar-refractivity contribution in [3.63, 3.8) is 0 Å². The first kappa shape index (κ1) is 9.19. The van der Waals surface area contributed by atoms with Gasteiger partial charge in [-0.25, -0.2) is 8.78 Å². The Morgan fingerprint density at radius 2 is 2.23 bits per heavy atom. The van der Waals surface area contributed by atoms with Gasteiger partial charge in [-0.1, -0.05) is 0 Å². The zero-order valence-electron chi connectivity index (χ0n) is 6.34. The van der Waals surface area contributed by atoms with Gasteiger partial charge < -0.3 is 10.7 Å². The quantitative estimate of drug-likeness (QED) is 0.677. The Labute approximate surface area is 71.6 Å². The number of aromatic amines is 1. The van der Waals surface area contributed by atoms with E-state index in [2.05, 4.69) is 0 Å². The predicted octanol–water partition coefficient (Wildman–Crippen LogP) is 0.766. The molecule has 0 aromatic carbocycles. The molecule has 1 aromatic heterocycles. The fourth-order valence-electron chi connectivity index (χ4n) is 0.815. The van der Waals surface area contributed by atoms with Crippen molar-refractivity contribution in [2.75, 3.05) is 5.73 Å². The molecule has 0 amide bonds. The topological polar surface area (TPSA) is 82.7 Å². The number of nitrogens with zero attached hydrogens (tertiary/aromatic N) is 1. The highest BCUT2D eigenvalue weighted by molar-refractivity contribution is 5.49. The standard InChI is InChI=1S/C7H5F2N3O/c8-5(9)4-1-3(2-10)6(11)12-7(4)13/h1,5H,(H3,11,12,13). The summed E-state index contributed by atoms with van der Waals surface area (Å²) in [5, 5.41) is 8.42. The minimum absolute atomic E-state index is 0.157. The Hall–Kier alpha value is -1.90. The number of hydrogen-bond donors (Lipinski definition) is 2. The summed E-state index contributed by atoms with van der Waals surface area (Å²) in [6, 6.07) is 2.38. The SMILES string of the molecule is N#Cc1cc(C(F)F)c(=O)[nH]c1N. The average molecular weight is 185 g/mol. The molecule has 0 radical (unpaired) electrons. The lowest BCUT2D eigenvalue weighted by Gasteiger charge is -2.00. The molecule has 0 saturated carbocycles. The summed E-state index contributed by atoms with van der Waals surface area (Å²) in [5.74, 6) is -0.197. The maximum atomic E-state index is 12.1. The van der Waals surface area contributed by atoms with Crippen molar-refractivity contribution in [1.82, 2.24) is 4.98 Å². The van der Waals surface area contributed by atoms with Crippen molar-refractivity contribution in [3.05, 3.63) is 27.5 Å². The number of pyridine rings is 1. The third kappa shape index (κ3) is 1.64. The highest BCUT2D eigenvalue weighted by Gasteiger charge is 2.14. The van der Waals surface area contributed by atoms with Crippen molar-refractivity contribution >= 4 is 5.82 Å². The van der Waals surface area contributed by atoms with E-state index < -0.39 is 17.5 Å². The Kier molecular flexibility index (Phi) is 2.28. The number of nitrogens with two attached hydrogens (primary N) is 1. The fourth-order valence-corrected chi connectivity index (χ4v) is 0.815. The molecular weight excluding hydrogens is 180 g/mol. The van der Waals surface area contributed by atoms with E-state index in [1.807, 2.05) is 4.98 Å². The molecule has 1 heterocycles. The number of nitriles is 1. The third-order valence-corrected chi connectivity index (χ3v) is 1.46. The van der Waals surface area contributed by atoms with Crippen LogP contribution in [0.4, 0.5) is 14.6 Å². The van der Waals surface area contributed by atoms with Crippen LogP contribution < -0.4 is 11.3 Å². The van der Waals surface area contributed by atoms with Crippen LogP contribution >= 0.6 is 0 Å². The van der Waals surface area contributed by atoms with E-state index in [1.165, 1.54) is 0 Å². The van der Waals surface area contributed by atoms with Crippen LogP contribution in [0.15, 0.2) is 10.9 Å². The van der Waals surface area contributed by atoms with E-state index in [4.69, 9.17) is 11.0 Å². The molecule has 0 unspecified atom stereocenters. The van der Waals surface area contributed by atoms with Gasteiger partial charge in [-0.15, -0.1) is 0 Å². The van der Waals surface area contributed by atoms with Crippen molar-refractivity contribution < 1.29 is 8.78 Å². The Balaban J connectivity index is 3.42. The van der Waals surface area contributed by atoms with Gasteiger partial charge in [0.1, 0.15) is 11.9 Å². The molecule has 13 heavy (non-hydrogen) atoms. The van der Waals surface area contributed by atoms with Crippen LogP contribution in [0, 0.1) is 11.3 Å². The van der Waals surface area contributed by atoms with E-state index in [0.29, 0.717) is 0 Å². The molecule has 0 atom stereocenters. The number of H-pyrrole nitrogens is 1. The van der Waals surface area contributed by atoms with Crippen molar-refractivity contribution in [2.45, 2.75) is 6.43 Å². The first-order valence-electron chi connectivity index (χ1n) is 3.27. The number of alkyl halides is 2. The summed E-state index contributed by atoms with van der Waals surface area (Å²) in [6.07, 6.45) is -2.91. The lowest BCUT2D eigenvalue weighted by atomic mass is 10.2. The summed E-state index contributed by atoms with van der Waals surface area (Å²) < 4.78 is 24.2. The van der Waals surface area contributed by atoms with Gasteiger partial charge in [0.05, 0.1) is 11.1 Å². The maximum absolute atomic E-state index is 12.1. The van der Waals surface area contributed by atoms with E-state index >= 15 is 0 Å². The molecule has 0 bridgehead atoms. The summed E-state index contributed by atoms with van der Waals surface area (Å²) in [5.41, 5.74) is 3.31.